The van der Waals surface area contributed by atoms with Crippen molar-refractivity contribution in [3.63, 3.8) is 0 Å². The summed E-state index contributed by atoms with van der Waals surface area (Å²) >= 11 is 3.54. The molecule has 0 saturated heterocycles. The standard InChI is InChI=1S/C17H28BrNO2/c1-4-6-10-20-11-12-21-17-8-7-15(18)13-16(17)14(3)19-9-5-2/h7-8,13-14,19H,4-6,9-12H2,1-3H3. The first-order valence-electron chi connectivity index (χ1n) is 7.92. The Kier molecular flexibility index (Phi) is 9.72. The molecule has 1 rings (SSSR count). The molecular formula is C17H28BrNO2. The van der Waals surface area contributed by atoms with Crippen molar-refractivity contribution in [3.8, 4) is 5.75 Å². The van der Waals surface area contributed by atoms with Gasteiger partial charge in [-0.05, 0) is 44.5 Å². The third-order valence-corrected chi connectivity index (χ3v) is 3.76. The molecule has 0 heterocycles. The van der Waals surface area contributed by atoms with Gasteiger partial charge in [0.05, 0.1) is 6.61 Å². The Labute approximate surface area is 137 Å². The van der Waals surface area contributed by atoms with Crippen molar-refractivity contribution in [1.82, 2.24) is 5.32 Å². The zero-order chi connectivity index (χ0) is 15.5. The van der Waals surface area contributed by atoms with Gasteiger partial charge in [-0.3, -0.25) is 0 Å². The van der Waals surface area contributed by atoms with E-state index in [0.717, 1.165) is 36.2 Å². The number of unbranched alkanes of at least 4 members (excludes halogenated alkanes) is 1. The Balaban J connectivity index is 2.52. The molecule has 3 nitrogen and oxygen atoms in total. The van der Waals surface area contributed by atoms with Crippen LogP contribution >= 0.6 is 15.9 Å². The third-order valence-electron chi connectivity index (χ3n) is 3.27. The van der Waals surface area contributed by atoms with Crippen molar-refractivity contribution in [1.29, 1.82) is 0 Å². The van der Waals surface area contributed by atoms with Gasteiger partial charge in [0.15, 0.2) is 0 Å². The largest absolute Gasteiger partial charge is 0.491 e. The summed E-state index contributed by atoms with van der Waals surface area (Å²) < 4.78 is 12.5. The van der Waals surface area contributed by atoms with Gasteiger partial charge < -0.3 is 14.8 Å². The van der Waals surface area contributed by atoms with Crippen LogP contribution in [-0.4, -0.2) is 26.4 Å². The lowest BCUT2D eigenvalue weighted by Gasteiger charge is -2.18. The Morgan fingerprint density at radius 2 is 1.95 bits per heavy atom. The first-order valence-corrected chi connectivity index (χ1v) is 8.71. The smallest absolute Gasteiger partial charge is 0.124 e. The average Bonchev–Trinajstić information content (AvgIpc) is 2.49. The zero-order valence-electron chi connectivity index (χ0n) is 13.5. The molecule has 1 atom stereocenters. The number of ether oxygens (including phenoxy) is 2. The fourth-order valence-corrected chi connectivity index (χ4v) is 2.40. The number of nitrogens with one attached hydrogen (secondary N) is 1. The Bertz CT molecular complexity index is 398. The van der Waals surface area contributed by atoms with E-state index < -0.39 is 0 Å². The van der Waals surface area contributed by atoms with E-state index in [4.69, 9.17) is 9.47 Å². The van der Waals surface area contributed by atoms with Crippen LogP contribution in [0.2, 0.25) is 0 Å². The number of hydrogen-bond donors (Lipinski definition) is 1. The average molecular weight is 358 g/mol. The highest BCUT2D eigenvalue weighted by Crippen LogP contribution is 2.28. The predicted octanol–water partition coefficient (Wildman–Crippen LogP) is 4.71. The minimum absolute atomic E-state index is 0.276. The van der Waals surface area contributed by atoms with Crippen LogP contribution in [-0.2, 0) is 4.74 Å². The van der Waals surface area contributed by atoms with Crippen molar-refractivity contribution in [3.05, 3.63) is 28.2 Å². The molecule has 0 radical (unpaired) electrons. The molecule has 1 aromatic rings. The van der Waals surface area contributed by atoms with Gasteiger partial charge in [0.1, 0.15) is 12.4 Å². The normalized spacial score (nSPS) is 12.4. The fourth-order valence-electron chi connectivity index (χ4n) is 2.02. The van der Waals surface area contributed by atoms with E-state index in [1.54, 1.807) is 0 Å². The maximum Gasteiger partial charge on any atom is 0.124 e. The maximum absolute atomic E-state index is 5.89. The quantitative estimate of drug-likeness (QED) is 0.582. The molecule has 0 aliphatic heterocycles. The van der Waals surface area contributed by atoms with Crippen molar-refractivity contribution in [2.24, 2.45) is 0 Å². The van der Waals surface area contributed by atoms with Crippen LogP contribution in [0.5, 0.6) is 5.75 Å². The molecule has 0 aliphatic carbocycles. The van der Waals surface area contributed by atoms with Gasteiger partial charge in [0.2, 0.25) is 0 Å². The van der Waals surface area contributed by atoms with E-state index in [2.05, 4.69) is 48.1 Å². The van der Waals surface area contributed by atoms with E-state index in [9.17, 15) is 0 Å². The Morgan fingerprint density at radius 3 is 2.67 bits per heavy atom. The molecule has 0 saturated carbocycles. The first kappa shape index (κ1) is 18.5. The first-order chi connectivity index (χ1) is 10.2. The molecule has 0 amide bonds. The maximum atomic E-state index is 5.89. The van der Waals surface area contributed by atoms with E-state index in [-0.39, 0.29) is 6.04 Å². The molecule has 4 heteroatoms. The summed E-state index contributed by atoms with van der Waals surface area (Å²) in [4.78, 5) is 0. The van der Waals surface area contributed by atoms with Gasteiger partial charge >= 0.3 is 0 Å². The molecule has 0 bridgehead atoms. The summed E-state index contributed by atoms with van der Waals surface area (Å²) in [5, 5.41) is 3.50. The summed E-state index contributed by atoms with van der Waals surface area (Å²) in [6.07, 6.45) is 3.40. The van der Waals surface area contributed by atoms with Crippen LogP contribution in [0.1, 0.15) is 51.6 Å². The van der Waals surface area contributed by atoms with Gasteiger partial charge in [-0.25, -0.2) is 0 Å². The van der Waals surface area contributed by atoms with E-state index in [1.165, 1.54) is 12.0 Å². The molecule has 1 aromatic carbocycles. The molecule has 0 aliphatic rings. The summed E-state index contributed by atoms with van der Waals surface area (Å²) in [5.41, 5.74) is 1.19. The fraction of sp³-hybridized carbons (Fsp3) is 0.647. The third kappa shape index (κ3) is 7.30. The summed E-state index contributed by atoms with van der Waals surface area (Å²) in [5.74, 6) is 0.938. The van der Waals surface area contributed by atoms with Crippen LogP contribution < -0.4 is 10.1 Å². The molecule has 21 heavy (non-hydrogen) atoms. The summed E-state index contributed by atoms with van der Waals surface area (Å²) in [7, 11) is 0. The van der Waals surface area contributed by atoms with Gasteiger partial charge in [0.25, 0.3) is 0 Å². The van der Waals surface area contributed by atoms with Crippen LogP contribution in [0.15, 0.2) is 22.7 Å². The van der Waals surface area contributed by atoms with Gasteiger partial charge in [-0.1, -0.05) is 36.2 Å². The minimum atomic E-state index is 0.276. The number of halogens is 1. The van der Waals surface area contributed by atoms with Crippen molar-refractivity contribution in [2.75, 3.05) is 26.4 Å². The predicted molar refractivity (Wildman–Crippen MR) is 92.1 cm³/mol. The lowest BCUT2D eigenvalue weighted by Crippen LogP contribution is -2.20. The second-order valence-electron chi connectivity index (χ2n) is 5.17. The second kappa shape index (κ2) is 11.0. The van der Waals surface area contributed by atoms with Crippen molar-refractivity contribution in [2.45, 2.75) is 46.1 Å². The lowest BCUT2D eigenvalue weighted by molar-refractivity contribution is 0.0975. The molecule has 0 aromatic heterocycles. The summed E-state index contributed by atoms with van der Waals surface area (Å²) in [6, 6.07) is 6.44. The highest BCUT2D eigenvalue weighted by molar-refractivity contribution is 9.10. The van der Waals surface area contributed by atoms with E-state index >= 15 is 0 Å². The number of rotatable bonds is 11. The second-order valence-corrected chi connectivity index (χ2v) is 6.09. The monoisotopic (exact) mass is 357 g/mol. The Morgan fingerprint density at radius 1 is 1.14 bits per heavy atom. The van der Waals surface area contributed by atoms with Crippen LogP contribution in [0.4, 0.5) is 0 Å². The molecular weight excluding hydrogens is 330 g/mol. The highest BCUT2D eigenvalue weighted by Gasteiger charge is 2.11. The Hall–Kier alpha value is -0.580. The SMILES string of the molecule is CCCCOCCOc1ccc(Br)cc1C(C)NCCC. The van der Waals surface area contributed by atoms with Crippen LogP contribution in [0, 0.1) is 0 Å². The zero-order valence-corrected chi connectivity index (χ0v) is 15.0. The van der Waals surface area contributed by atoms with Crippen LogP contribution in [0.3, 0.4) is 0 Å². The van der Waals surface area contributed by atoms with Crippen molar-refractivity contribution < 1.29 is 9.47 Å². The topological polar surface area (TPSA) is 30.5 Å². The van der Waals surface area contributed by atoms with Gasteiger partial charge in [-0.15, -0.1) is 0 Å². The van der Waals surface area contributed by atoms with Crippen molar-refractivity contribution >= 4 is 15.9 Å². The highest BCUT2D eigenvalue weighted by atomic mass is 79.9. The minimum Gasteiger partial charge on any atom is -0.491 e. The summed E-state index contributed by atoms with van der Waals surface area (Å²) in [6.45, 7) is 9.58. The molecule has 1 N–H and O–H groups in total. The molecule has 0 fully saturated rings. The van der Waals surface area contributed by atoms with E-state index in [0.29, 0.717) is 13.2 Å². The molecule has 120 valence electrons. The molecule has 1 unspecified atom stereocenters. The number of hydrogen-bond acceptors (Lipinski definition) is 3. The molecule has 0 spiro atoms. The van der Waals surface area contributed by atoms with Gasteiger partial charge in [-0.2, -0.15) is 0 Å². The van der Waals surface area contributed by atoms with Crippen LogP contribution in [0.25, 0.3) is 0 Å². The lowest BCUT2D eigenvalue weighted by atomic mass is 10.1. The van der Waals surface area contributed by atoms with Gasteiger partial charge in [0, 0.05) is 22.7 Å². The number of benzene rings is 1. The van der Waals surface area contributed by atoms with E-state index in [1.807, 2.05) is 12.1 Å².